The molecule has 2 aromatic heterocycles. The van der Waals surface area contributed by atoms with Gasteiger partial charge in [-0.25, -0.2) is 8.78 Å². The van der Waals surface area contributed by atoms with Crippen LogP contribution in [0.2, 0.25) is 0 Å². The first-order valence-electron chi connectivity index (χ1n) is 3.50. The first-order valence-corrected chi connectivity index (χ1v) is 4.38. The molecule has 1 nitrogen and oxygen atoms in total. The summed E-state index contributed by atoms with van der Waals surface area (Å²) in [5.41, 5.74) is 0.133. The van der Waals surface area contributed by atoms with Crippen LogP contribution in [0.15, 0.2) is 17.6 Å². The van der Waals surface area contributed by atoms with E-state index in [9.17, 15) is 8.78 Å². The summed E-state index contributed by atoms with van der Waals surface area (Å²) in [5, 5.41) is 2.51. The summed E-state index contributed by atoms with van der Waals surface area (Å²) >= 11 is 1.48. The van der Waals surface area contributed by atoms with Crippen LogP contribution in [0.25, 0.3) is 10.2 Å². The fourth-order valence-corrected chi connectivity index (χ4v) is 2.17. The number of thiophene rings is 1. The zero-order valence-corrected chi connectivity index (χ0v) is 7.24. The molecule has 4 heteroatoms. The smallest absolute Gasteiger partial charge is 0.265 e. The molecule has 0 aliphatic rings. The second kappa shape index (κ2) is 2.55. The lowest BCUT2D eigenvalue weighted by Crippen LogP contribution is -1.82. The van der Waals surface area contributed by atoms with Crippen molar-refractivity contribution in [3.8, 4) is 0 Å². The van der Waals surface area contributed by atoms with Crippen molar-refractivity contribution in [2.75, 3.05) is 0 Å². The van der Waals surface area contributed by atoms with Crippen molar-refractivity contribution in [1.82, 2.24) is 4.57 Å². The van der Waals surface area contributed by atoms with Gasteiger partial charge in [-0.1, -0.05) is 0 Å². The lowest BCUT2D eigenvalue weighted by atomic mass is 10.2. The van der Waals surface area contributed by atoms with Gasteiger partial charge in [-0.2, -0.15) is 0 Å². The summed E-state index contributed by atoms with van der Waals surface area (Å²) < 4.78 is 26.5. The van der Waals surface area contributed by atoms with Gasteiger partial charge in [0.2, 0.25) is 0 Å². The Morgan fingerprint density at radius 1 is 1.50 bits per heavy atom. The Balaban J connectivity index is 2.75. The van der Waals surface area contributed by atoms with Crippen LogP contribution in [0.5, 0.6) is 0 Å². The Labute approximate surface area is 72.2 Å². The molecule has 0 bridgehead atoms. The van der Waals surface area contributed by atoms with Crippen LogP contribution < -0.4 is 0 Å². The van der Waals surface area contributed by atoms with Crippen molar-refractivity contribution in [2.24, 2.45) is 7.05 Å². The van der Waals surface area contributed by atoms with Gasteiger partial charge >= 0.3 is 0 Å². The van der Waals surface area contributed by atoms with Gasteiger partial charge in [0.1, 0.15) is 4.83 Å². The van der Waals surface area contributed by atoms with E-state index in [-0.39, 0.29) is 5.56 Å². The van der Waals surface area contributed by atoms with E-state index in [1.807, 2.05) is 5.38 Å². The summed E-state index contributed by atoms with van der Waals surface area (Å²) in [6, 6.07) is 1.74. The summed E-state index contributed by atoms with van der Waals surface area (Å²) in [5.74, 6) is 0. The molecule has 12 heavy (non-hydrogen) atoms. The highest BCUT2D eigenvalue weighted by atomic mass is 32.1. The zero-order valence-electron chi connectivity index (χ0n) is 6.42. The van der Waals surface area contributed by atoms with Gasteiger partial charge in [0.25, 0.3) is 6.43 Å². The monoisotopic (exact) mass is 187 g/mol. The number of aromatic nitrogens is 1. The SMILES string of the molecule is Cn1cc(C(F)F)c2ccsc21. The third kappa shape index (κ3) is 0.948. The molecule has 0 aliphatic heterocycles. The second-order valence-electron chi connectivity index (χ2n) is 2.64. The Kier molecular flexibility index (Phi) is 1.65. The first-order chi connectivity index (χ1) is 5.70. The fraction of sp³-hybridized carbons (Fsp3) is 0.250. The summed E-state index contributed by atoms with van der Waals surface area (Å²) in [7, 11) is 1.78. The Morgan fingerprint density at radius 2 is 2.25 bits per heavy atom. The molecule has 2 rings (SSSR count). The van der Waals surface area contributed by atoms with E-state index in [4.69, 9.17) is 0 Å². The van der Waals surface area contributed by atoms with E-state index in [1.165, 1.54) is 17.5 Å². The quantitative estimate of drug-likeness (QED) is 0.646. The van der Waals surface area contributed by atoms with Crippen LogP contribution in [0.4, 0.5) is 8.78 Å². The van der Waals surface area contributed by atoms with Crippen LogP contribution in [0.3, 0.4) is 0 Å². The molecule has 0 atom stereocenters. The maximum absolute atomic E-state index is 12.4. The average Bonchev–Trinajstić information content (AvgIpc) is 2.53. The normalized spacial score (nSPS) is 11.7. The van der Waals surface area contributed by atoms with E-state index in [0.29, 0.717) is 5.39 Å². The maximum Gasteiger partial charge on any atom is 0.265 e. The number of fused-ring (bicyclic) bond motifs is 1. The molecule has 0 unspecified atom stereocenters. The van der Waals surface area contributed by atoms with Crippen LogP contribution >= 0.6 is 11.3 Å². The number of hydrogen-bond donors (Lipinski definition) is 0. The molecular weight excluding hydrogens is 180 g/mol. The fourth-order valence-electron chi connectivity index (χ4n) is 1.30. The number of nitrogens with zero attached hydrogens (tertiary/aromatic N) is 1. The van der Waals surface area contributed by atoms with Crippen LogP contribution in [0, 0.1) is 0 Å². The molecule has 0 aliphatic carbocycles. The van der Waals surface area contributed by atoms with Crippen LogP contribution in [0.1, 0.15) is 12.0 Å². The van der Waals surface area contributed by atoms with Gasteiger partial charge in [0, 0.05) is 24.2 Å². The second-order valence-corrected chi connectivity index (χ2v) is 3.53. The average molecular weight is 187 g/mol. The molecule has 64 valence electrons. The molecule has 0 saturated heterocycles. The Morgan fingerprint density at radius 3 is 2.92 bits per heavy atom. The highest BCUT2D eigenvalue weighted by Gasteiger charge is 2.15. The van der Waals surface area contributed by atoms with Gasteiger partial charge in [0.15, 0.2) is 0 Å². The number of alkyl halides is 2. The minimum atomic E-state index is -2.37. The summed E-state index contributed by atoms with van der Waals surface area (Å²) in [6.07, 6.45) is -0.880. The van der Waals surface area contributed by atoms with Crippen molar-refractivity contribution in [1.29, 1.82) is 0 Å². The van der Waals surface area contributed by atoms with Gasteiger partial charge in [-0.05, 0) is 11.4 Å². The molecule has 0 aromatic carbocycles. The van der Waals surface area contributed by atoms with Crippen LogP contribution in [-0.4, -0.2) is 4.57 Å². The predicted octanol–water partition coefficient (Wildman–Crippen LogP) is 3.18. The molecule has 2 aromatic rings. The summed E-state index contributed by atoms with van der Waals surface area (Å²) in [6.45, 7) is 0. The number of halogens is 2. The molecule has 0 radical (unpaired) electrons. The van der Waals surface area contributed by atoms with E-state index in [1.54, 1.807) is 17.7 Å². The zero-order chi connectivity index (χ0) is 8.72. The van der Waals surface area contributed by atoms with Crippen molar-refractivity contribution in [2.45, 2.75) is 6.43 Å². The molecule has 0 spiro atoms. The van der Waals surface area contributed by atoms with E-state index >= 15 is 0 Å². The molecule has 0 amide bonds. The Hall–Kier alpha value is -0.900. The minimum absolute atomic E-state index is 0.133. The highest BCUT2D eigenvalue weighted by Crippen LogP contribution is 2.31. The van der Waals surface area contributed by atoms with Crippen LogP contribution in [-0.2, 0) is 7.05 Å². The van der Waals surface area contributed by atoms with Gasteiger partial charge < -0.3 is 4.57 Å². The van der Waals surface area contributed by atoms with Crippen molar-refractivity contribution < 1.29 is 8.78 Å². The molecule has 0 saturated carbocycles. The topological polar surface area (TPSA) is 4.93 Å². The van der Waals surface area contributed by atoms with Gasteiger partial charge in [-0.15, -0.1) is 11.3 Å². The Bertz CT molecular complexity index is 402. The number of aryl methyl sites for hydroxylation is 1. The summed E-state index contributed by atoms with van der Waals surface area (Å²) in [4.78, 5) is 0.908. The van der Waals surface area contributed by atoms with Crippen molar-refractivity contribution >= 4 is 21.6 Å². The third-order valence-corrected chi connectivity index (χ3v) is 2.85. The standard InChI is InChI=1S/C8H7F2NS/c1-11-4-6(7(9)10)5-2-3-12-8(5)11/h2-4,7H,1H3. The molecular formula is C8H7F2NS. The maximum atomic E-state index is 12.4. The largest absolute Gasteiger partial charge is 0.342 e. The van der Waals surface area contributed by atoms with Gasteiger partial charge in [-0.3, -0.25) is 0 Å². The first kappa shape index (κ1) is 7.73. The molecule has 0 N–H and O–H groups in total. The van der Waals surface area contributed by atoms with E-state index < -0.39 is 6.43 Å². The minimum Gasteiger partial charge on any atom is -0.342 e. The lowest BCUT2D eigenvalue weighted by Gasteiger charge is -1.91. The predicted molar refractivity (Wildman–Crippen MR) is 45.8 cm³/mol. The lowest BCUT2D eigenvalue weighted by molar-refractivity contribution is 0.153. The molecule has 2 heterocycles. The van der Waals surface area contributed by atoms with E-state index in [0.717, 1.165) is 4.83 Å². The third-order valence-electron chi connectivity index (χ3n) is 1.84. The van der Waals surface area contributed by atoms with Gasteiger partial charge in [0.05, 0.1) is 0 Å². The highest BCUT2D eigenvalue weighted by molar-refractivity contribution is 7.16. The van der Waals surface area contributed by atoms with Crippen molar-refractivity contribution in [3.63, 3.8) is 0 Å². The molecule has 0 fully saturated rings. The van der Waals surface area contributed by atoms with Crippen molar-refractivity contribution in [3.05, 3.63) is 23.2 Å². The number of rotatable bonds is 1. The number of hydrogen-bond acceptors (Lipinski definition) is 1. The van der Waals surface area contributed by atoms with E-state index in [2.05, 4.69) is 0 Å².